The van der Waals surface area contributed by atoms with Crippen molar-refractivity contribution in [2.75, 3.05) is 13.1 Å². The first-order valence-electron chi connectivity index (χ1n) is 8.73. The van der Waals surface area contributed by atoms with E-state index in [0.717, 1.165) is 12.5 Å². The van der Waals surface area contributed by atoms with Crippen molar-refractivity contribution in [3.63, 3.8) is 0 Å². The Kier molecular flexibility index (Phi) is 6.88. The maximum atomic E-state index is 3.53. The van der Waals surface area contributed by atoms with Crippen LogP contribution in [0.2, 0.25) is 0 Å². The van der Waals surface area contributed by atoms with Crippen LogP contribution in [0.5, 0.6) is 0 Å². The van der Waals surface area contributed by atoms with E-state index < -0.39 is 0 Å². The summed E-state index contributed by atoms with van der Waals surface area (Å²) < 4.78 is 0. The maximum absolute atomic E-state index is 3.53. The third-order valence-corrected chi connectivity index (χ3v) is 5.02. The van der Waals surface area contributed by atoms with E-state index in [1.807, 2.05) is 0 Å². The minimum absolute atomic E-state index is 0.351. The Morgan fingerprint density at radius 1 is 1.15 bits per heavy atom. The second kappa shape index (κ2) is 8.68. The first-order valence-corrected chi connectivity index (χ1v) is 8.73. The molecule has 2 heterocycles. The van der Waals surface area contributed by atoms with Crippen LogP contribution in [-0.4, -0.2) is 30.3 Å². The minimum atomic E-state index is 0.351. The largest absolute Gasteiger partial charge is 0.364 e. The van der Waals surface area contributed by atoms with Crippen molar-refractivity contribution < 1.29 is 0 Å². The molecule has 0 bridgehead atoms. The van der Waals surface area contributed by atoms with Gasteiger partial charge in [0.15, 0.2) is 0 Å². The summed E-state index contributed by atoms with van der Waals surface area (Å²) in [6.07, 6.45) is 15.9. The molecule has 0 amide bonds. The zero-order valence-corrected chi connectivity index (χ0v) is 13.4. The Balaban J connectivity index is 1.63. The number of hydrogen-bond donors (Lipinski definition) is 2. The zero-order valence-electron chi connectivity index (χ0n) is 13.4. The van der Waals surface area contributed by atoms with Crippen LogP contribution in [0.15, 0.2) is 12.3 Å². The summed E-state index contributed by atoms with van der Waals surface area (Å²) in [4.78, 5) is 2.60. The van der Waals surface area contributed by atoms with Gasteiger partial charge in [-0.05, 0) is 31.9 Å². The van der Waals surface area contributed by atoms with Gasteiger partial charge in [0.05, 0.1) is 0 Å². The van der Waals surface area contributed by atoms with Gasteiger partial charge < -0.3 is 5.32 Å². The Morgan fingerprint density at radius 2 is 1.95 bits per heavy atom. The van der Waals surface area contributed by atoms with Crippen LogP contribution in [0.3, 0.4) is 0 Å². The molecule has 3 atom stereocenters. The van der Waals surface area contributed by atoms with Crippen molar-refractivity contribution in [1.82, 2.24) is 15.5 Å². The van der Waals surface area contributed by atoms with Crippen molar-refractivity contribution in [2.45, 2.75) is 77.5 Å². The molecule has 116 valence electrons. The summed E-state index contributed by atoms with van der Waals surface area (Å²) in [5.74, 6) is 0.899. The van der Waals surface area contributed by atoms with Gasteiger partial charge in [-0.15, -0.1) is 0 Å². The number of rotatable bonds is 8. The van der Waals surface area contributed by atoms with Gasteiger partial charge in [-0.2, -0.15) is 0 Å². The fourth-order valence-electron chi connectivity index (χ4n) is 3.64. The van der Waals surface area contributed by atoms with Gasteiger partial charge in [-0.1, -0.05) is 51.5 Å². The highest BCUT2D eigenvalue weighted by Gasteiger charge is 2.34. The highest BCUT2D eigenvalue weighted by atomic mass is 15.4. The average Bonchev–Trinajstić information content (AvgIpc) is 2.85. The fraction of sp³-hybridized carbons (Fsp3) is 0.882. The topological polar surface area (TPSA) is 27.3 Å². The second-order valence-electron chi connectivity index (χ2n) is 6.46. The Morgan fingerprint density at radius 3 is 2.70 bits per heavy atom. The summed E-state index contributed by atoms with van der Waals surface area (Å²) in [6, 6.07) is 0.710. The molecule has 3 unspecified atom stereocenters. The van der Waals surface area contributed by atoms with E-state index >= 15 is 0 Å². The van der Waals surface area contributed by atoms with Crippen LogP contribution >= 0.6 is 0 Å². The van der Waals surface area contributed by atoms with Gasteiger partial charge in [-0.25, -0.2) is 0 Å². The van der Waals surface area contributed by atoms with Gasteiger partial charge in [-0.3, -0.25) is 10.2 Å². The predicted octanol–water partition coefficient (Wildman–Crippen LogP) is 3.44. The van der Waals surface area contributed by atoms with Crippen molar-refractivity contribution in [1.29, 1.82) is 0 Å². The first-order chi connectivity index (χ1) is 9.83. The smallest absolute Gasteiger partial charge is 0.134 e. The van der Waals surface area contributed by atoms with E-state index in [2.05, 4.69) is 41.7 Å². The monoisotopic (exact) mass is 279 g/mol. The van der Waals surface area contributed by atoms with E-state index in [4.69, 9.17) is 0 Å². The minimum Gasteiger partial charge on any atom is -0.364 e. The summed E-state index contributed by atoms with van der Waals surface area (Å²) in [7, 11) is 0. The molecule has 2 N–H and O–H groups in total. The predicted molar refractivity (Wildman–Crippen MR) is 86.3 cm³/mol. The van der Waals surface area contributed by atoms with Crippen molar-refractivity contribution in [3.8, 4) is 0 Å². The lowest BCUT2D eigenvalue weighted by Crippen LogP contribution is -2.56. The lowest BCUT2D eigenvalue weighted by atomic mass is 9.94. The van der Waals surface area contributed by atoms with Crippen LogP contribution in [0.1, 0.15) is 65.2 Å². The number of hydrogen-bond acceptors (Lipinski definition) is 3. The third kappa shape index (κ3) is 4.49. The van der Waals surface area contributed by atoms with Crippen molar-refractivity contribution in [2.24, 2.45) is 5.92 Å². The van der Waals surface area contributed by atoms with Gasteiger partial charge in [0, 0.05) is 19.1 Å². The molecule has 3 heteroatoms. The molecule has 2 aliphatic rings. The summed E-state index contributed by atoms with van der Waals surface area (Å²) >= 11 is 0. The molecule has 0 saturated carbocycles. The number of unbranched alkanes of at least 4 members (excludes halogenated alkanes) is 5. The van der Waals surface area contributed by atoms with E-state index in [-0.39, 0.29) is 0 Å². The molecular weight excluding hydrogens is 246 g/mol. The van der Waals surface area contributed by atoms with Crippen molar-refractivity contribution in [3.05, 3.63) is 12.3 Å². The molecule has 20 heavy (non-hydrogen) atoms. The fourth-order valence-corrected chi connectivity index (χ4v) is 3.64. The summed E-state index contributed by atoms with van der Waals surface area (Å²) in [6.45, 7) is 6.93. The van der Waals surface area contributed by atoms with E-state index in [1.165, 1.54) is 57.9 Å². The SMILES string of the molecule is CCCCCCCCC1CCN(C2NC=CCN2)C1C. The first kappa shape index (κ1) is 15.8. The average molecular weight is 279 g/mol. The molecule has 3 nitrogen and oxygen atoms in total. The number of nitrogens with one attached hydrogen (secondary N) is 2. The van der Waals surface area contributed by atoms with E-state index in [1.54, 1.807) is 0 Å². The van der Waals surface area contributed by atoms with Crippen LogP contribution in [0.25, 0.3) is 0 Å². The molecule has 0 aromatic rings. The van der Waals surface area contributed by atoms with Gasteiger partial charge >= 0.3 is 0 Å². The zero-order chi connectivity index (χ0) is 14.2. The molecule has 0 aromatic carbocycles. The molecular formula is C17H33N3. The Bertz CT molecular complexity index is 290. The lowest BCUT2D eigenvalue weighted by molar-refractivity contribution is 0.125. The molecule has 1 saturated heterocycles. The molecule has 1 fully saturated rings. The highest BCUT2D eigenvalue weighted by molar-refractivity contribution is 4.94. The van der Waals surface area contributed by atoms with Crippen molar-refractivity contribution >= 4 is 0 Å². The number of nitrogens with zero attached hydrogens (tertiary/aromatic N) is 1. The molecule has 0 radical (unpaired) electrons. The van der Waals surface area contributed by atoms with Crippen LogP contribution in [0.4, 0.5) is 0 Å². The molecule has 0 aliphatic carbocycles. The van der Waals surface area contributed by atoms with Gasteiger partial charge in [0.2, 0.25) is 0 Å². The second-order valence-corrected chi connectivity index (χ2v) is 6.46. The van der Waals surface area contributed by atoms with Gasteiger partial charge in [0.1, 0.15) is 6.29 Å². The van der Waals surface area contributed by atoms with Crippen LogP contribution in [0, 0.1) is 5.92 Å². The highest BCUT2D eigenvalue weighted by Crippen LogP contribution is 2.29. The molecule has 2 rings (SSSR count). The quantitative estimate of drug-likeness (QED) is 0.667. The molecule has 2 aliphatic heterocycles. The third-order valence-electron chi connectivity index (χ3n) is 5.02. The number of likely N-dealkylation sites (tertiary alicyclic amines) is 1. The lowest BCUT2D eigenvalue weighted by Gasteiger charge is -2.35. The Labute approximate surface area is 125 Å². The van der Waals surface area contributed by atoms with E-state index in [9.17, 15) is 0 Å². The molecule has 0 spiro atoms. The van der Waals surface area contributed by atoms with Crippen LogP contribution in [-0.2, 0) is 0 Å². The molecule has 0 aromatic heterocycles. The van der Waals surface area contributed by atoms with Crippen LogP contribution < -0.4 is 10.6 Å². The van der Waals surface area contributed by atoms with E-state index in [0.29, 0.717) is 12.3 Å². The maximum Gasteiger partial charge on any atom is 0.134 e. The Hall–Kier alpha value is -0.540. The van der Waals surface area contributed by atoms with Gasteiger partial charge in [0.25, 0.3) is 0 Å². The summed E-state index contributed by atoms with van der Waals surface area (Å²) in [5.41, 5.74) is 0. The standard InChI is InChI=1S/C17H33N3/c1-3-4-5-6-7-8-10-16-11-14-20(15(16)2)17-18-12-9-13-19-17/h9,12,15-19H,3-8,10-11,13-14H2,1-2H3. The normalized spacial score (nSPS) is 30.6. The summed E-state index contributed by atoms with van der Waals surface area (Å²) in [5, 5.41) is 6.97.